The van der Waals surface area contributed by atoms with Crippen molar-refractivity contribution in [3.63, 3.8) is 0 Å². The molecule has 1 aliphatic carbocycles. The van der Waals surface area contributed by atoms with Crippen LogP contribution in [0.15, 0.2) is 24.3 Å². The molecular weight excluding hydrogens is 248 g/mol. The van der Waals surface area contributed by atoms with Crippen LogP contribution in [0.3, 0.4) is 0 Å². The van der Waals surface area contributed by atoms with Gasteiger partial charge in [-0.15, -0.1) is 0 Å². The average Bonchev–Trinajstić information content (AvgIpc) is 2.78. The van der Waals surface area contributed by atoms with E-state index in [9.17, 15) is 5.11 Å². The molecule has 2 unspecified atom stereocenters. The van der Waals surface area contributed by atoms with Crippen LogP contribution in [-0.4, -0.2) is 42.8 Å². The molecule has 0 spiro atoms. The number of hydrogen-bond donors (Lipinski definition) is 2. The molecule has 1 aromatic rings. The molecule has 2 N–H and O–H groups in total. The van der Waals surface area contributed by atoms with E-state index in [0.29, 0.717) is 5.92 Å². The Hall–Kier alpha value is -0.900. The van der Waals surface area contributed by atoms with Gasteiger partial charge in [-0.05, 0) is 42.9 Å². The predicted molar refractivity (Wildman–Crippen MR) is 81.9 cm³/mol. The molecule has 2 aliphatic rings. The Morgan fingerprint density at radius 2 is 2.15 bits per heavy atom. The van der Waals surface area contributed by atoms with Crippen LogP contribution in [0.25, 0.3) is 0 Å². The number of aliphatic hydroxyl groups is 1. The molecule has 110 valence electrons. The Bertz CT molecular complexity index is 454. The number of hydrogen-bond acceptors (Lipinski definition) is 3. The molecule has 0 bridgehead atoms. The zero-order chi connectivity index (χ0) is 14.0. The Balaban J connectivity index is 2.01. The molecule has 3 nitrogen and oxygen atoms in total. The molecule has 3 heteroatoms. The molecule has 20 heavy (non-hydrogen) atoms. The van der Waals surface area contributed by atoms with Crippen molar-refractivity contribution in [3.05, 3.63) is 35.4 Å². The minimum atomic E-state index is -0.158. The van der Waals surface area contributed by atoms with Crippen molar-refractivity contribution in [1.29, 1.82) is 0 Å². The number of fused-ring (bicyclic) bond motifs is 1. The van der Waals surface area contributed by atoms with Gasteiger partial charge in [0.1, 0.15) is 0 Å². The number of benzene rings is 1. The first-order valence-electron chi connectivity index (χ1n) is 7.94. The maximum Gasteiger partial charge on any atom is 0.0697 e. The van der Waals surface area contributed by atoms with Gasteiger partial charge < -0.3 is 10.4 Å². The van der Waals surface area contributed by atoms with Gasteiger partial charge in [-0.25, -0.2) is 0 Å². The van der Waals surface area contributed by atoms with Gasteiger partial charge in [0.25, 0.3) is 0 Å². The lowest BCUT2D eigenvalue weighted by Crippen LogP contribution is -2.52. The van der Waals surface area contributed by atoms with Gasteiger partial charge >= 0.3 is 0 Å². The standard InChI is InChI=1S/C17H26N2O/c1-14-7-8-17(13-20,16-6-3-2-5-15(14)16)19-11-4-9-18-10-12-19/h2-3,5-6,14,18,20H,4,7-13H2,1H3. The summed E-state index contributed by atoms with van der Waals surface area (Å²) in [6.45, 7) is 6.77. The molecule has 3 rings (SSSR count). The minimum absolute atomic E-state index is 0.158. The van der Waals surface area contributed by atoms with Crippen molar-refractivity contribution in [2.24, 2.45) is 0 Å². The zero-order valence-electron chi connectivity index (χ0n) is 12.4. The van der Waals surface area contributed by atoms with E-state index < -0.39 is 0 Å². The summed E-state index contributed by atoms with van der Waals surface area (Å²) in [5, 5.41) is 13.7. The third-order valence-electron chi connectivity index (χ3n) is 5.19. The first-order chi connectivity index (χ1) is 9.78. The van der Waals surface area contributed by atoms with Gasteiger partial charge in [0, 0.05) is 19.6 Å². The number of nitrogens with zero attached hydrogens (tertiary/aromatic N) is 1. The van der Waals surface area contributed by atoms with Gasteiger partial charge in [0.2, 0.25) is 0 Å². The van der Waals surface area contributed by atoms with E-state index in [2.05, 4.69) is 41.4 Å². The summed E-state index contributed by atoms with van der Waals surface area (Å²) in [5.74, 6) is 0.607. The van der Waals surface area contributed by atoms with Crippen molar-refractivity contribution in [2.45, 2.75) is 37.6 Å². The van der Waals surface area contributed by atoms with E-state index in [4.69, 9.17) is 0 Å². The molecule has 1 heterocycles. The van der Waals surface area contributed by atoms with Crippen molar-refractivity contribution in [3.8, 4) is 0 Å². The fourth-order valence-electron chi connectivity index (χ4n) is 3.96. The van der Waals surface area contributed by atoms with Crippen molar-refractivity contribution in [2.75, 3.05) is 32.8 Å². The highest BCUT2D eigenvalue weighted by molar-refractivity contribution is 5.39. The molecule has 0 amide bonds. The average molecular weight is 274 g/mol. The van der Waals surface area contributed by atoms with Gasteiger partial charge in [-0.1, -0.05) is 31.2 Å². The Morgan fingerprint density at radius 1 is 1.30 bits per heavy atom. The third-order valence-corrected chi connectivity index (χ3v) is 5.19. The molecule has 1 aromatic carbocycles. The van der Waals surface area contributed by atoms with Crippen LogP contribution in [0.2, 0.25) is 0 Å². The minimum Gasteiger partial charge on any atom is -0.394 e. The Morgan fingerprint density at radius 3 is 3.00 bits per heavy atom. The Labute approximate surface area is 122 Å². The maximum absolute atomic E-state index is 10.3. The van der Waals surface area contributed by atoms with E-state index in [-0.39, 0.29) is 12.1 Å². The number of rotatable bonds is 2. The largest absolute Gasteiger partial charge is 0.394 e. The van der Waals surface area contributed by atoms with Crippen LogP contribution in [0.1, 0.15) is 43.2 Å². The van der Waals surface area contributed by atoms with Crippen molar-refractivity contribution >= 4 is 0 Å². The zero-order valence-corrected chi connectivity index (χ0v) is 12.4. The highest BCUT2D eigenvalue weighted by atomic mass is 16.3. The van der Waals surface area contributed by atoms with Crippen LogP contribution in [0, 0.1) is 0 Å². The third kappa shape index (κ3) is 2.28. The van der Waals surface area contributed by atoms with Crippen LogP contribution in [0.4, 0.5) is 0 Å². The van der Waals surface area contributed by atoms with Crippen LogP contribution in [0.5, 0.6) is 0 Å². The van der Waals surface area contributed by atoms with E-state index in [1.54, 1.807) is 0 Å². The molecular formula is C17H26N2O. The molecule has 0 aromatic heterocycles. The van der Waals surface area contributed by atoms with E-state index in [0.717, 1.165) is 32.6 Å². The quantitative estimate of drug-likeness (QED) is 0.866. The molecule has 2 atom stereocenters. The summed E-state index contributed by atoms with van der Waals surface area (Å²) < 4.78 is 0. The van der Waals surface area contributed by atoms with Gasteiger partial charge in [0.05, 0.1) is 12.1 Å². The highest BCUT2D eigenvalue weighted by Gasteiger charge is 2.42. The summed E-state index contributed by atoms with van der Waals surface area (Å²) >= 11 is 0. The van der Waals surface area contributed by atoms with Crippen LogP contribution < -0.4 is 5.32 Å². The lowest BCUT2D eigenvalue weighted by atomic mass is 9.71. The SMILES string of the molecule is CC1CCC(CO)(N2CCCNCC2)c2ccccc21. The normalized spacial score (nSPS) is 31.6. The summed E-state index contributed by atoms with van der Waals surface area (Å²) in [6, 6.07) is 8.74. The van der Waals surface area contributed by atoms with Gasteiger partial charge in [-0.3, -0.25) is 4.90 Å². The second-order valence-corrected chi connectivity index (χ2v) is 6.31. The Kier molecular flexibility index (Phi) is 4.11. The maximum atomic E-state index is 10.3. The van der Waals surface area contributed by atoms with E-state index in [1.807, 2.05) is 0 Å². The van der Waals surface area contributed by atoms with E-state index >= 15 is 0 Å². The summed E-state index contributed by atoms with van der Waals surface area (Å²) in [7, 11) is 0. The summed E-state index contributed by atoms with van der Waals surface area (Å²) in [4.78, 5) is 2.53. The van der Waals surface area contributed by atoms with Gasteiger partial charge in [-0.2, -0.15) is 0 Å². The lowest BCUT2D eigenvalue weighted by Gasteiger charge is -2.47. The first-order valence-corrected chi connectivity index (χ1v) is 7.94. The molecule has 0 radical (unpaired) electrons. The number of aliphatic hydroxyl groups excluding tert-OH is 1. The molecule has 1 aliphatic heterocycles. The molecule has 1 saturated heterocycles. The summed E-state index contributed by atoms with van der Waals surface area (Å²) in [6.07, 6.45) is 3.41. The van der Waals surface area contributed by atoms with Crippen molar-refractivity contribution in [1.82, 2.24) is 10.2 Å². The monoisotopic (exact) mass is 274 g/mol. The summed E-state index contributed by atoms with van der Waals surface area (Å²) in [5.41, 5.74) is 2.64. The smallest absolute Gasteiger partial charge is 0.0697 e. The fraction of sp³-hybridized carbons (Fsp3) is 0.647. The second-order valence-electron chi connectivity index (χ2n) is 6.31. The van der Waals surface area contributed by atoms with Gasteiger partial charge in [0.15, 0.2) is 0 Å². The van der Waals surface area contributed by atoms with Crippen LogP contribution >= 0.6 is 0 Å². The second kappa shape index (κ2) is 5.84. The highest BCUT2D eigenvalue weighted by Crippen LogP contribution is 2.44. The molecule has 0 saturated carbocycles. The first kappa shape index (κ1) is 14.1. The van der Waals surface area contributed by atoms with Crippen LogP contribution in [-0.2, 0) is 5.54 Å². The van der Waals surface area contributed by atoms with E-state index in [1.165, 1.54) is 24.0 Å². The lowest BCUT2D eigenvalue weighted by molar-refractivity contribution is 0.0139. The number of nitrogens with one attached hydrogen (secondary N) is 1. The topological polar surface area (TPSA) is 35.5 Å². The fourth-order valence-corrected chi connectivity index (χ4v) is 3.96. The predicted octanol–water partition coefficient (Wildman–Crippen LogP) is 2.07. The molecule has 1 fully saturated rings. The van der Waals surface area contributed by atoms with Crippen molar-refractivity contribution < 1.29 is 5.11 Å².